The molecule has 1 fully saturated rings. The molecule has 0 saturated heterocycles. The molecule has 0 spiro atoms. The Hall–Kier alpha value is -0.150. The largest absolute Gasteiger partial charge is 0.206 e. The third-order valence-corrected chi connectivity index (χ3v) is 5.44. The molecule has 0 unspecified atom stereocenters. The highest BCUT2D eigenvalue weighted by atomic mass is 32.2. The molecule has 16 heavy (non-hydrogen) atoms. The summed E-state index contributed by atoms with van der Waals surface area (Å²) in [6.07, 6.45) is 5.10. The van der Waals surface area contributed by atoms with Crippen LogP contribution in [0.15, 0.2) is 29.2 Å². The van der Waals surface area contributed by atoms with E-state index in [1.54, 1.807) is 17.8 Å². The number of hydrogen-bond donors (Lipinski definition) is 1. The second kappa shape index (κ2) is 5.46. The molecule has 1 aliphatic rings. The van der Waals surface area contributed by atoms with Gasteiger partial charge in [0.1, 0.15) is 5.82 Å². The van der Waals surface area contributed by atoms with Crippen molar-refractivity contribution in [2.45, 2.75) is 30.6 Å². The van der Waals surface area contributed by atoms with Gasteiger partial charge in [-0.15, -0.1) is 11.8 Å². The first-order chi connectivity index (χ1) is 7.76. The number of thioether (sulfide) groups is 1. The standard InChI is InChI=1S/C13H17FS2/c14-11-5-1-2-6-12(11)16-10-13(9-15)7-3-4-8-13/h1-2,5-6,15H,3-4,7-10H2. The molecule has 0 N–H and O–H groups in total. The molecule has 3 heteroatoms. The van der Waals surface area contributed by atoms with Gasteiger partial charge in [0, 0.05) is 10.6 Å². The van der Waals surface area contributed by atoms with Crippen LogP contribution in [0.1, 0.15) is 25.7 Å². The lowest BCUT2D eigenvalue weighted by Crippen LogP contribution is -2.21. The smallest absolute Gasteiger partial charge is 0.136 e. The van der Waals surface area contributed by atoms with Crippen LogP contribution in [-0.4, -0.2) is 11.5 Å². The molecule has 1 saturated carbocycles. The monoisotopic (exact) mass is 256 g/mol. The fourth-order valence-corrected chi connectivity index (χ4v) is 4.08. The minimum atomic E-state index is -0.0974. The second-order valence-electron chi connectivity index (χ2n) is 4.58. The zero-order valence-corrected chi connectivity index (χ0v) is 11.0. The van der Waals surface area contributed by atoms with E-state index in [0.717, 1.165) is 16.4 Å². The van der Waals surface area contributed by atoms with Gasteiger partial charge in [0.25, 0.3) is 0 Å². The number of halogens is 1. The fraction of sp³-hybridized carbons (Fsp3) is 0.538. The lowest BCUT2D eigenvalue weighted by molar-refractivity contribution is 0.403. The van der Waals surface area contributed by atoms with Crippen molar-refractivity contribution in [3.63, 3.8) is 0 Å². The fourth-order valence-electron chi connectivity index (χ4n) is 2.27. The molecule has 0 aromatic heterocycles. The van der Waals surface area contributed by atoms with Crippen molar-refractivity contribution in [1.29, 1.82) is 0 Å². The van der Waals surface area contributed by atoms with Crippen LogP contribution in [0.4, 0.5) is 4.39 Å². The molecule has 0 aliphatic heterocycles. The summed E-state index contributed by atoms with van der Waals surface area (Å²) in [6.45, 7) is 0. The Morgan fingerprint density at radius 2 is 1.94 bits per heavy atom. The van der Waals surface area contributed by atoms with Gasteiger partial charge in [0.2, 0.25) is 0 Å². The quantitative estimate of drug-likeness (QED) is 0.615. The molecular formula is C13H17FS2. The summed E-state index contributed by atoms with van der Waals surface area (Å²) in [5.41, 5.74) is 0.343. The van der Waals surface area contributed by atoms with Crippen LogP contribution in [0, 0.1) is 11.2 Å². The topological polar surface area (TPSA) is 0 Å². The molecule has 0 nitrogen and oxygen atoms in total. The van der Waals surface area contributed by atoms with Gasteiger partial charge in [-0.05, 0) is 36.1 Å². The van der Waals surface area contributed by atoms with Gasteiger partial charge in [-0.1, -0.05) is 25.0 Å². The Bertz CT molecular complexity index is 346. The van der Waals surface area contributed by atoms with E-state index >= 15 is 0 Å². The third-order valence-electron chi connectivity index (χ3n) is 3.37. The highest BCUT2D eigenvalue weighted by molar-refractivity contribution is 7.99. The van der Waals surface area contributed by atoms with Crippen molar-refractivity contribution in [1.82, 2.24) is 0 Å². The number of benzene rings is 1. The number of rotatable bonds is 4. The molecule has 1 aromatic carbocycles. The molecule has 1 aromatic rings. The summed E-state index contributed by atoms with van der Waals surface area (Å²) in [4.78, 5) is 0.774. The predicted octanol–water partition coefficient (Wildman–Crippen LogP) is 4.41. The van der Waals surface area contributed by atoms with Crippen LogP contribution >= 0.6 is 24.4 Å². The maximum Gasteiger partial charge on any atom is 0.136 e. The molecule has 88 valence electrons. The lowest BCUT2D eigenvalue weighted by atomic mass is 9.91. The average molecular weight is 256 g/mol. The van der Waals surface area contributed by atoms with Crippen molar-refractivity contribution in [2.24, 2.45) is 5.41 Å². The summed E-state index contributed by atoms with van der Waals surface area (Å²) in [5, 5.41) is 0. The third kappa shape index (κ3) is 2.75. The first kappa shape index (κ1) is 12.3. The van der Waals surface area contributed by atoms with E-state index in [2.05, 4.69) is 12.6 Å². The van der Waals surface area contributed by atoms with E-state index in [4.69, 9.17) is 0 Å². The van der Waals surface area contributed by atoms with Gasteiger partial charge >= 0.3 is 0 Å². The van der Waals surface area contributed by atoms with Gasteiger partial charge < -0.3 is 0 Å². The molecule has 0 atom stereocenters. The van der Waals surface area contributed by atoms with Crippen molar-refractivity contribution in [3.05, 3.63) is 30.1 Å². The molecular weight excluding hydrogens is 239 g/mol. The predicted molar refractivity (Wildman–Crippen MR) is 71.9 cm³/mol. The maximum absolute atomic E-state index is 13.5. The minimum absolute atomic E-state index is 0.0974. The van der Waals surface area contributed by atoms with Crippen molar-refractivity contribution in [3.8, 4) is 0 Å². The maximum atomic E-state index is 13.5. The van der Waals surface area contributed by atoms with Gasteiger partial charge in [-0.25, -0.2) is 4.39 Å². The molecule has 2 rings (SSSR count). The van der Waals surface area contributed by atoms with Gasteiger partial charge in [-0.2, -0.15) is 12.6 Å². The van der Waals surface area contributed by atoms with E-state index in [9.17, 15) is 4.39 Å². The van der Waals surface area contributed by atoms with Crippen LogP contribution in [0.2, 0.25) is 0 Å². The Morgan fingerprint density at radius 3 is 2.56 bits per heavy atom. The van der Waals surface area contributed by atoms with Crippen LogP contribution in [0.3, 0.4) is 0 Å². The van der Waals surface area contributed by atoms with E-state index in [1.165, 1.54) is 31.7 Å². The first-order valence-corrected chi connectivity index (χ1v) is 7.36. The summed E-state index contributed by atoms with van der Waals surface area (Å²) >= 11 is 6.11. The minimum Gasteiger partial charge on any atom is -0.206 e. The van der Waals surface area contributed by atoms with Gasteiger partial charge in [0.05, 0.1) is 0 Å². The Kier molecular flexibility index (Phi) is 4.20. The van der Waals surface area contributed by atoms with E-state index in [1.807, 2.05) is 12.1 Å². The summed E-state index contributed by atoms with van der Waals surface area (Å²) in [5.74, 6) is 1.83. The van der Waals surface area contributed by atoms with Crippen molar-refractivity contribution >= 4 is 24.4 Å². The highest BCUT2D eigenvalue weighted by Gasteiger charge is 2.32. The Morgan fingerprint density at radius 1 is 1.25 bits per heavy atom. The summed E-state index contributed by atoms with van der Waals surface area (Å²) < 4.78 is 13.5. The highest BCUT2D eigenvalue weighted by Crippen LogP contribution is 2.43. The Labute approximate surface area is 106 Å². The van der Waals surface area contributed by atoms with E-state index in [-0.39, 0.29) is 5.82 Å². The van der Waals surface area contributed by atoms with Crippen LogP contribution < -0.4 is 0 Å². The normalized spacial score (nSPS) is 18.9. The van der Waals surface area contributed by atoms with Gasteiger partial charge in [0.15, 0.2) is 0 Å². The Balaban J connectivity index is 1.98. The van der Waals surface area contributed by atoms with Crippen LogP contribution in [0.25, 0.3) is 0 Å². The zero-order valence-electron chi connectivity index (χ0n) is 9.29. The number of thiol groups is 1. The molecule has 0 amide bonds. The summed E-state index contributed by atoms with van der Waals surface area (Å²) in [7, 11) is 0. The second-order valence-corrected chi connectivity index (χ2v) is 5.92. The molecule has 1 aliphatic carbocycles. The average Bonchev–Trinajstić information content (AvgIpc) is 2.78. The first-order valence-electron chi connectivity index (χ1n) is 5.74. The van der Waals surface area contributed by atoms with E-state index < -0.39 is 0 Å². The SMILES string of the molecule is Fc1ccccc1SCC1(CS)CCCC1. The van der Waals surface area contributed by atoms with Crippen LogP contribution in [-0.2, 0) is 0 Å². The molecule has 0 bridgehead atoms. The zero-order chi connectivity index (χ0) is 11.4. The van der Waals surface area contributed by atoms with Crippen LogP contribution in [0.5, 0.6) is 0 Å². The van der Waals surface area contributed by atoms with Crippen molar-refractivity contribution < 1.29 is 4.39 Å². The molecule has 0 heterocycles. The summed E-state index contributed by atoms with van der Waals surface area (Å²) in [6, 6.07) is 7.03. The number of hydrogen-bond acceptors (Lipinski definition) is 2. The molecule has 0 radical (unpaired) electrons. The van der Waals surface area contributed by atoms with Gasteiger partial charge in [-0.3, -0.25) is 0 Å². The van der Waals surface area contributed by atoms with E-state index in [0.29, 0.717) is 5.41 Å². The lowest BCUT2D eigenvalue weighted by Gasteiger charge is -2.26. The van der Waals surface area contributed by atoms with Crippen molar-refractivity contribution in [2.75, 3.05) is 11.5 Å².